The molecule has 0 aliphatic carbocycles. The summed E-state index contributed by atoms with van der Waals surface area (Å²) < 4.78 is 7.46. The van der Waals surface area contributed by atoms with Gasteiger partial charge in [-0.1, -0.05) is 48.5 Å². The van der Waals surface area contributed by atoms with E-state index in [1.807, 2.05) is 83.7 Å². The number of nitrogens with zero attached hydrogens (tertiary/aromatic N) is 3. The van der Waals surface area contributed by atoms with Gasteiger partial charge in [-0.2, -0.15) is 0 Å². The highest BCUT2D eigenvalue weighted by atomic mass is 32.1. The van der Waals surface area contributed by atoms with Crippen LogP contribution in [0, 0.1) is 0 Å². The summed E-state index contributed by atoms with van der Waals surface area (Å²) in [5.74, 6) is 0.498. The van der Waals surface area contributed by atoms with Crippen LogP contribution in [0.15, 0.2) is 91.0 Å². The van der Waals surface area contributed by atoms with Crippen LogP contribution < -0.4 is 10.1 Å². The average molecular weight is 487 g/mol. The Morgan fingerprint density at radius 3 is 2.69 bits per heavy atom. The van der Waals surface area contributed by atoms with Crippen LogP contribution in [0.5, 0.6) is 5.75 Å². The Hall–Kier alpha value is -4.17. The first-order valence-electron chi connectivity index (χ1n) is 11.2. The molecule has 0 atom stereocenters. The zero-order valence-electron chi connectivity index (χ0n) is 19.4. The Bertz CT molecular complexity index is 1300. The maximum Gasteiger partial charge on any atom is 0.264 e. The van der Waals surface area contributed by atoms with E-state index < -0.39 is 0 Å². The van der Waals surface area contributed by atoms with Gasteiger partial charge in [0.2, 0.25) is 11.9 Å². The summed E-state index contributed by atoms with van der Waals surface area (Å²) in [4.78, 5) is 32.6. The highest BCUT2D eigenvalue weighted by Crippen LogP contribution is 2.26. The molecule has 1 N–H and O–H groups in total. The summed E-state index contributed by atoms with van der Waals surface area (Å²) in [6.07, 6.45) is 3.47. The van der Waals surface area contributed by atoms with Crippen molar-refractivity contribution in [3.63, 3.8) is 0 Å². The van der Waals surface area contributed by atoms with Gasteiger partial charge in [0.05, 0.1) is 22.9 Å². The smallest absolute Gasteiger partial charge is 0.264 e. The predicted molar refractivity (Wildman–Crippen MR) is 139 cm³/mol. The summed E-state index contributed by atoms with van der Waals surface area (Å²) in [5.41, 5.74) is 2.42. The molecule has 2 aromatic carbocycles. The van der Waals surface area contributed by atoms with Crippen LogP contribution in [0.25, 0.3) is 16.9 Å². The maximum atomic E-state index is 13.1. The van der Waals surface area contributed by atoms with Crippen molar-refractivity contribution in [3.05, 3.63) is 95.8 Å². The molecule has 0 saturated heterocycles. The number of carbonyl (C=O) groups excluding carboxylic acids is 2. The number of carbonyl (C=O) groups is 2. The van der Waals surface area contributed by atoms with Crippen LogP contribution in [-0.2, 0) is 4.79 Å². The van der Waals surface area contributed by atoms with Crippen LogP contribution in [-0.4, -0.2) is 46.0 Å². The van der Waals surface area contributed by atoms with Crippen LogP contribution in [0.3, 0.4) is 0 Å². The van der Waals surface area contributed by atoms with E-state index in [1.165, 1.54) is 16.2 Å². The second-order valence-corrected chi connectivity index (χ2v) is 8.56. The Morgan fingerprint density at radius 2 is 1.97 bits per heavy atom. The Balaban J connectivity index is 1.63. The minimum Gasteiger partial charge on any atom is -0.494 e. The van der Waals surface area contributed by atoms with Crippen molar-refractivity contribution in [2.75, 3.05) is 25.0 Å². The van der Waals surface area contributed by atoms with Gasteiger partial charge in [-0.25, -0.2) is 4.98 Å². The first kappa shape index (κ1) is 24.0. The van der Waals surface area contributed by atoms with E-state index in [1.54, 1.807) is 12.1 Å². The molecule has 0 unspecified atom stereocenters. The largest absolute Gasteiger partial charge is 0.494 e. The number of thiophene rings is 1. The van der Waals surface area contributed by atoms with E-state index in [-0.39, 0.29) is 24.9 Å². The highest BCUT2D eigenvalue weighted by Gasteiger charge is 2.21. The third kappa shape index (κ3) is 5.85. The van der Waals surface area contributed by atoms with Crippen molar-refractivity contribution in [1.82, 2.24) is 14.5 Å². The van der Waals surface area contributed by atoms with Gasteiger partial charge in [-0.05, 0) is 30.5 Å². The third-order valence-corrected chi connectivity index (χ3v) is 5.99. The number of rotatable bonds is 10. The van der Waals surface area contributed by atoms with Gasteiger partial charge >= 0.3 is 0 Å². The summed E-state index contributed by atoms with van der Waals surface area (Å²) >= 11 is 1.34. The molecule has 7 nitrogen and oxygen atoms in total. The van der Waals surface area contributed by atoms with Gasteiger partial charge in [-0.15, -0.1) is 17.9 Å². The molecule has 4 aromatic rings. The molecule has 0 bridgehead atoms. The fraction of sp³-hybridized carbons (Fsp3) is 0.148. The standard InChI is InChI=1S/C27H26N4O3S/c1-3-15-30(26(33)24-14-9-16-35-24)19-25(32)29-27-28-23(20-10-6-5-7-11-20)18-31(27)21-12-8-13-22(17-21)34-4-2/h3,5-14,16-18H,1,4,15,19H2,2H3,(H,28,29,32). The van der Waals surface area contributed by atoms with Gasteiger partial charge in [-0.3, -0.25) is 19.5 Å². The molecular weight excluding hydrogens is 460 g/mol. The fourth-order valence-electron chi connectivity index (χ4n) is 3.57. The second kappa shape index (κ2) is 11.3. The SMILES string of the molecule is C=CCN(CC(=O)Nc1nc(-c2ccccc2)cn1-c1cccc(OCC)c1)C(=O)c1cccs1. The zero-order chi connectivity index (χ0) is 24.6. The molecule has 35 heavy (non-hydrogen) atoms. The summed E-state index contributed by atoms with van der Waals surface area (Å²) in [5, 5.41) is 4.72. The molecule has 0 aliphatic rings. The number of aromatic nitrogens is 2. The number of amides is 2. The molecule has 178 valence electrons. The normalized spacial score (nSPS) is 10.5. The first-order valence-corrected chi connectivity index (χ1v) is 12.1. The summed E-state index contributed by atoms with van der Waals surface area (Å²) in [6, 6.07) is 20.8. The van der Waals surface area contributed by atoms with Gasteiger partial charge in [0, 0.05) is 24.4 Å². The minimum atomic E-state index is -0.357. The van der Waals surface area contributed by atoms with Crippen LogP contribution in [0.4, 0.5) is 5.95 Å². The molecule has 2 aromatic heterocycles. The van der Waals surface area contributed by atoms with E-state index in [9.17, 15) is 9.59 Å². The van der Waals surface area contributed by atoms with E-state index >= 15 is 0 Å². The number of imidazole rings is 1. The lowest BCUT2D eigenvalue weighted by atomic mass is 10.2. The molecule has 0 spiro atoms. The van der Waals surface area contributed by atoms with Gasteiger partial charge in [0.25, 0.3) is 5.91 Å². The third-order valence-electron chi connectivity index (χ3n) is 5.14. The van der Waals surface area contributed by atoms with Crippen molar-refractivity contribution >= 4 is 29.1 Å². The first-order chi connectivity index (χ1) is 17.1. The van der Waals surface area contributed by atoms with Crippen molar-refractivity contribution in [2.45, 2.75) is 6.92 Å². The quantitative estimate of drug-likeness (QED) is 0.310. The number of hydrogen-bond acceptors (Lipinski definition) is 5. The van der Waals surface area contributed by atoms with Crippen molar-refractivity contribution in [2.24, 2.45) is 0 Å². The van der Waals surface area contributed by atoms with Crippen LogP contribution >= 0.6 is 11.3 Å². The molecule has 4 rings (SSSR count). The molecule has 0 radical (unpaired) electrons. The Morgan fingerprint density at radius 1 is 1.14 bits per heavy atom. The number of benzene rings is 2. The fourth-order valence-corrected chi connectivity index (χ4v) is 4.26. The monoisotopic (exact) mass is 486 g/mol. The Kier molecular flexibility index (Phi) is 7.74. The lowest BCUT2D eigenvalue weighted by Gasteiger charge is -2.20. The molecule has 0 saturated carbocycles. The van der Waals surface area contributed by atoms with E-state index in [4.69, 9.17) is 4.74 Å². The molecule has 2 amide bonds. The number of ether oxygens (including phenoxy) is 1. The zero-order valence-corrected chi connectivity index (χ0v) is 20.2. The average Bonchev–Trinajstić information content (AvgIpc) is 3.55. The van der Waals surface area contributed by atoms with E-state index in [0.717, 1.165) is 17.0 Å². The summed E-state index contributed by atoms with van der Waals surface area (Å²) in [6.45, 7) is 6.31. The number of hydrogen-bond donors (Lipinski definition) is 1. The van der Waals surface area contributed by atoms with Gasteiger partial charge < -0.3 is 9.64 Å². The molecule has 8 heteroatoms. The van der Waals surface area contributed by atoms with Crippen LogP contribution in [0.2, 0.25) is 0 Å². The molecular formula is C27H26N4O3S. The number of anilines is 1. The van der Waals surface area contributed by atoms with E-state index in [0.29, 0.717) is 23.1 Å². The summed E-state index contributed by atoms with van der Waals surface area (Å²) in [7, 11) is 0. The molecule has 0 fully saturated rings. The Labute approximate surface area is 208 Å². The van der Waals surface area contributed by atoms with Crippen molar-refractivity contribution < 1.29 is 14.3 Å². The lowest BCUT2D eigenvalue weighted by Crippen LogP contribution is -2.38. The molecule has 0 aliphatic heterocycles. The van der Waals surface area contributed by atoms with E-state index in [2.05, 4.69) is 16.9 Å². The number of nitrogens with one attached hydrogen (secondary N) is 1. The van der Waals surface area contributed by atoms with Gasteiger partial charge in [0.1, 0.15) is 12.3 Å². The maximum absolute atomic E-state index is 13.1. The van der Waals surface area contributed by atoms with Gasteiger partial charge in [0.15, 0.2) is 0 Å². The predicted octanol–water partition coefficient (Wildman–Crippen LogP) is 5.27. The van der Waals surface area contributed by atoms with Crippen LogP contribution in [0.1, 0.15) is 16.6 Å². The second-order valence-electron chi connectivity index (χ2n) is 7.62. The lowest BCUT2D eigenvalue weighted by molar-refractivity contribution is -0.116. The highest BCUT2D eigenvalue weighted by molar-refractivity contribution is 7.12. The van der Waals surface area contributed by atoms with Crippen molar-refractivity contribution in [1.29, 1.82) is 0 Å². The minimum absolute atomic E-state index is 0.130. The van der Waals surface area contributed by atoms with Crippen molar-refractivity contribution in [3.8, 4) is 22.7 Å². The topological polar surface area (TPSA) is 76.5 Å². The molecule has 2 heterocycles.